The summed E-state index contributed by atoms with van der Waals surface area (Å²) in [6, 6.07) is 18.2. The smallest absolute Gasteiger partial charge is 0.115 e. The summed E-state index contributed by atoms with van der Waals surface area (Å²) in [5.74, 6) is 0. The van der Waals surface area contributed by atoms with Gasteiger partial charge in [-0.1, -0.05) is 54.6 Å². The zero-order valence-corrected chi connectivity index (χ0v) is 11.0. The Morgan fingerprint density at radius 3 is 2.21 bits per heavy atom. The summed E-state index contributed by atoms with van der Waals surface area (Å²) in [5, 5.41) is 10.2. The molecule has 3 heteroatoms. The first-order chi connectivity index (χ1) is 9.34. The van der Waals surface area contributed by atoms with Crippen LogP contribution in [-0.4, -0.2) is 10.1 Å². The quantitative estimate of drug-likeness (QED) is 0.781. The molecule has 0 fully saturated rings. The van der Waals surface area contributed by atoms with E-state index in [-0.39, 0.29) is 0 Å². The third-order valence-corrected chi connectivity index (χ3v) is 3.88. The monoisotopic (exact) mass is 267 g/mol. The fourth-order valence-electron chi connectivity index (χ4n) is 2.01. The molecule has 1 unspecified atom stereocenters. The highest BCUT2D eigenvalue weighted by Crippen LogP contribution is 2.27. The van der Waals surface area contributed by atoms with Gasteiger partial charge in [0, 0.05) is 6.20 Å². The molecule has 0 saturated carbocycles. The van der Waals surface area contributed by atoms with E-state index >= 15 is 0 Å². The van der Waals surface area contributed by atoms with Gasteiger partial charge in [0.25, 0.3) is 0 Å². The molecule has 1 heterocycles. The summed E-state index contributed by atoms with van der Waals surface area (Å²) >= 11 is 1.47. The lowest BCUT2D eigenvalue weighted by Crippen LogP contribution is -1.96. The van der Waals surface area contributed by atoms with Gasteiger partial charge in [0.15, 0.2) is 0 Å². The summed E-state index contributed by atoms with van der Waals surface area (Å²) in [5.41, 5.74) is 4.96. The lowest BCUT2D eigenvalue weighted by atomic mass is 10.0. The van der Waals surface area contributed by atoms with Crippen LogP contribution in [-0.2, 0) is 0 Å². The Bertz CT molecular complexity index is 632. The maximum absolute atomic E-state index is 10.2. The van der Waals surface area contributed by atoms with E-state index in [0.717, 1.165) is 16.0 Å². The number of nitrogens with zero attached hydrogens (tertiary/aromatic N) is 1. The van der Waals surface area contributed by atoms with Gasteiger partial charge in [-0.05, 0) is 16.7 Å². The van der Waals surface area contributed by atoms with Crippen molar-refractivity contribution in [1.29, 1.82) is 0 Å². The van der Waals surface area contributed by atoms with Crippen molar-refractivity contribution in [2.75, 3.05) is 0 Å². The zero-order chi connectivity index (χ0) is 13.1. The zero-order valence-electron chi connectivity index (χ0n) is 10.2. The number of aliphatic hydroxyl groups is 1. The lowest BCUT2D eigenvalue weighted by Gasteiger charge is -2.09. The Labute approximate surface area is 116 Å². The summed E-state index contributed by atoms with van der Waals surface area (Å²) in [4.78, 5) is 4.86. The van der Waals surface area contributed by atoms with Crippen LogP contribution in [0.4, 0.5) is 0 Å². The molecule has 2 nitrogen and oxygen atoms in total. The fourth-order valence-corrected chi connectivity index (χ4v) is 2.64. The highest BCUT2D eigenvalue weighted by atomic mass is 32.1. The third kappa shape index (κ3) is 2.57. The minimum atomic E-state index is -0.586. The SMILES string of the molecule is OC(c1ccc(-c2ccccc2)cc1)c1cncs1. The minimum absolute atomic E-state index is 0.586. The van der Waals surface area contributed by atoms with Crippen molar-refractivity contribution in [3.63, 3.8) is 0 Å². The molecule has 1 atom stereocenters. The van der Waals surface area contributed by atoms with Gasteiger partial charge in [0.05, 0.1) is 10.4 Å². The van der Waals surface area contributed by atoms with Gasteiger partial charge >= 0.3 is 0 Å². The average Bonchev–Trinajstić information content (AvgIpc) is 3.02. The molecule has 0 bridgehead atoms. The largest absolute Gasteiger partial charge is 0.383 e. The Morgan fingerprint density at radius 1 is 0.895 bits per heavy atom. The summed E-state index contributed by atoms with van der Waals surface area (Å²) in [6.45, 7) is 0. The first-order valence-corrected chi connectivity index (χ1v) is 6.94. The van der Waals surface area contributed by atoms with Gasteiger partial charge in [-0.3, -0.25) is 4.98 Å². The Hall–Kier alpha value is -1.97. The first-order valence-electron chi connectivity index (χ1n) is 6.06. The fraction of sp³-hybridized carbons (Fsp3) is 0.0625. The van der Waals surface area contributed by atoms with Crippen molar-refractivity contribution in [2.45, 2.75) is 6.10 Å². The normalized spacial score (nSPS) is 12.3. The molecule has 1 aromatic heterocycles. The van der Waals surface area contributed by atoms with Crippen LogP contribution < -0.4 is 0 Å². The second-order valence-electron chi connectivity index (χ2n) is 4.29. The predicted octanol–water partition coefficient (Wildman–Crippen LogP) is 3.89. The van der Waals surface area contributed by atoms with E-state index in [1.165, 1.54) is 16.9 Å². The van der Waals surface area contributed by atoms with Crippen molar-refractivity contribution in [2.24, 2.45) is 0 Å². The minimum Gasteiger partial charge on any atom is -0.383 e. The van der Waals surface area contributed by atoms with E-state index in [4.69, 9.17) is 0 Å². The molecule has 0 spiro atoms. The molecule has 0 saturated heterocycles. The summed E-state index contributed by atoms with van der Waals surface area (Å²) in [6.07, 6.45) is 1.12. The topological polar surface area (TPSA) is 33.1 Å². The van der Waals surface area contributed by atoms with E-state index in [1.54, 1.807) is 11.7 Å². The molecule has 2 aromatic carbocycles. The number of aromatic nitrogens is 1. The van der Waals surface area contributed by atoms with Crippen LogP contribution in [0.1, 0.15) is 16.5 Å². The van der Waals surface area contributed by atoms with Crippen LogP contribution in [0, 0.1) is 0 Å². The molecule has 3 aromatic rings. The van der Waals surface area contributed by atoms with Crippen LogP contribution >= 0.6 is 11.3 Å². The molecule has 94 valence electrons. The van der Waals surface area contributed by atoms with E-state index in [9.17, 15) is 5.11 Å². The van der Waals surface area contributed by atoms with Crippen molar-refractivity contribution >= 4 is 11.3 Å². The number of hydrogen-bond acceptors (Lipinski definition) is 3. The molecule has 0 amide bonds. The van der Waals surface area contributed by atoms with Gasteiger partial charge in [-0.15, -0.1) is 11.3 Å². The van der Waals surface area contributed by atoms with E-state index < -0.39 is 6.10 Å². The van der Waals surface area contributed by atoms with Crippen molar-refractivity contribution in [3.8, 4) is 11.1 Å². The first kappa shape index (κ1) is 12.1. The third-order valence-electron chi connectivity index (χ3n) is 3.05. The highest BCUT2D eigenvalue weighted by Gasteiger charge is 2.11. The van der Waals surface area contributed by atoms with Gasteiger partial charge in [-0.2, -0.15) is 0 Å². The molecular formula is C16H13NOS. The van der Waals surface area contributed by atoms with Crippen molar-refractivity contribution < 1.29 is 5.11 Å². The van der Waals surface area contributed by atoms with Crippen LogP contribution in [0.25, 0.3) is 11.1 Å². The van der Waals surface area contributed by atoms with Crippen LogP contribution in [0.5, 0.6) is 0 Å². The molecular weight excluding hydrogens is 254 g/mol. The second-order valence-corrected chi connectivity index (χ2v) is 5.21. The molecule has 0 aliphatic carbocycles. The lowest BCUT2D eigenvalue weighted by molar-refractivity contribution is 0.224. The Balaban J connectivity index is 1.87. The number of aliphatic hydroxyl groups excluding tert-OH is 1. The second kappa shape index (κ2) is 5.34. The molecule has 0 radical (unpaired) electrons. The van der Waals surface area contributed by atoms with Gasteiger partial charge in [0.2, 0.25) is 0 Å². The van der Waals surface area contributed by atoms with E-state index in [2.05, 4.69) is 17.1 Å². The van der Waals surface area contributed by atoms with Gasteiger partial charge in [-0.25, -0.2) is 0 Å². The maximum Gasteiger partial charge on any atom is 0.115 e. The molecule has 19 heavy (non-hydrogen) atoms. The molecule has 0 aliphatic rings. The highest BCUT2D eigenvalue weighted by molar-refractivity contribution is 7.09. The van der Waals surface area contributed by atoms with E-state index in [0.29, 0.717) is 0 Å². The van der Waals surface area contributed by atoms with Crippen LogP contribution in [0.2, 0.25) is 0 Å². The van der Waals surface area contributed by atoms with E-state index in [1.807, 2.05) is 42.5 Å². The summed E-state index contributed by atoms with van der Waals surface area (Å²) < 4.78 is 0. The maximum atomic E-state index is 10.2. The van der Waals surface area contributed by atoms with Crippen molar-refractivity contribution in [3.05, 3.63) is 76.7 Å². The predicted molar refractivity (Wildman–Crippen MR) is 78.1 cm³/mol. The Kier molecular flexibility index (Phi) is 3.40. The molecule has 0 aliphatic heterocycles. The standard InChI is InChI=1S/C16H13NOS/c18-16(15-10-17-11-19-15)14-8-6-13(7-9-14)12-4-2-1-3-5-12/h1-11,16,18H. The average molecular weight is 267 g/mol. The van der Waals surface area contributed by atoms with Gasteiger partial charge < -0.3 is 5.11 Å². The molecule has 3 rings (SSSR count). The number of hydrogen-bond donors (Lipinski definition) is 1. The van der Waals surface area contributed by atoms with Crippen LogP contribution in [0.15, 0.2) is 66.3 Å². The Morgan fingerprint density at radius 2 is 1.58 bits per heavy atom. The molecule has 1 N–H and O–H groups in total. The van der Waals surface area contributed by atoms with Crippen molar-refractivity contribution in [1.82, 2.24) is 4.98 Å². The number of rotatable bonds is 3. The van der Waals surface area contributed by atoms with Gasteiger partial charge in [0.1, 0.15) is 6.10 Å². The number of benzene rings is 2. The number of thiazole rings is 1. The van der Waals surface area contributed by atoms with Crippen LogP contribution in [0.3, 0.4) is 0 Å². The summed E-state index contributed by atoms with van der Waals surface area (Å²) in [7, 11) is 0.